The Kier molecular flexibility index (Phi) is 8.62. The summed E-state index contributed by atoms with van der Waals surface area (Å²) in [4.78, 5) is 2.44. The van der Waals surface area contributed by atoms with Crippen LogP contribution in [0, 0.1) is 0 Å². The van der Waals surface area contributed by atoms with Crippen LogP contribution in [0.5, 0.6) is 0 Å². The van der Waals surface area contributed by atoms with Gasteiger partial charge in [0.15, 0.2) is 0 Å². The standard InChI is InChI=1S/C15H32N2O2/c1-4-9-16-13(3)15-8-6-7-10-17(15)11-14(18)12-19-5-2/h13-16,18H,4-12H2,1-3H3. The molecule has 0 radical (unpaired) electrons. The van der Waals surface area contributed by atoms with Crippen LogP contribution >= 0.6 is 0 Å². The van der Waals surface area contributed by atoms with Crippen molar-refractivity contribution >= 4 is 0 Å². The highest BCUT2D eigenvalue weighted by Gasteiger charge is 2.28. The van der Waals surface area contributed by atoms with Gasteiger partial charge >= 0.3 is 0 Å². The Balaban J connectivity index is 2.42. The Morgan fingerprint density at radius 1 is 1.37 bits per heavy atom. The fourth-order valence-electron chi connectivity index (χ4n) is 2.90. The number of ether oxygens (including phenoxy) is 1. The predicted octanol–water partition coefficient (Wildman–Crippen LogP) is 1.63. The quantitative estimate of drug-likeness (QED) is 0.669. The number of piperidine rings is 1. The van der Waals surface area contributed by atoms with Gasteiger partial charge in [-0.05, 0) is 46.2 Å². The summed E-state index contributed by atoms with van der Waals surface area (Å²) < 4.78 is 5.31. The van der Waals surface area contributed by atoms with Gasteiger partial charge in [-0.25, -0.2) is 0 Å². The summed E-state index contributed by atoms with van der Waals surface area (Å²) in [5.41, 5.74) is 0. The summed E-state index contributed by atoms with van der Waals surface area (Å²) in [6, 6.07) is 1.05. The van der Waals surface area contributed by atoms with Crippen LogP contribution in [0.2, 0.25) is 0 Å². The highest BCUT2D eigenvalue weighted by atomic mass is 16.5. The van der Waals surface area contributed by atoms with Crippen molar-refractivity contribution in [2.45, 2.75) is 64.6 Å². The third-order valence-corrected chi connectivity index (χ3v) is 3.92. The summed E-state index contributed by atoms with van der Waals surface area (Å²) in [6.07, 6.45) is 4.60. The maximum atomic E-state index is 10.0. The zero-order chi connectivity index (χ0) is 14.1. The molecule has 0 aromatic rings. The smallest absolute Gasteiger partial charge is 0.0900 e. The Morgan fingerprint density at radius 3 is 2.84 bits per heavy atom. The molecular formula is C15H32N2O2. The SMILES string of the molecule is CCCNC(C)C1CCCCN1CC(O)COCC. The van der Waals surface area contributed by atoms with Crippen molar-refractivity contribution in [1.29, 1.82) is 0 Å². The van der Waals surface area contributed by atoms with Crippen LogP contribution in [0.25, 0.3) is 0 Å². The van der Waals surface area contributed by atoms with Crippen molar-refractivity contribution in [2.24, 2.45) is 0 Å². The summed E-state index contributed by atoms with van der Waals surface area (Å²) in [5.74, 6) is 0. The van der Waals surface area contributed by atoms with Crippen LogP contribution in [0.4, 0.5) is 0 Å². The van der Waals surface area contributed by atoms with E-state index in [0.29, 0.717) is 25.3 Å². The molecule has 0 amide bonds. The average molecular weight is 272 g/mol. The summed E-state index contributed by atoms with van der Waals surface area (Å²) in [5, 5.41) is 13.6. The highest BCUT2D eigenvalue weighted by Crippen LogP contribution is 2.20. The molecule has 1 saturated heterocycles. The van der Waals surface area contributed by atoms with Gasteiger partial charge in [0.2, 0.25) is 0 Å². The van der Waals surface area contributed by atoms with Crippen LogP contribution in [-0.4, -0.2) is 61.0 Å². The van der Waals surface area contributed by atoms with E-state index >= 15 is 0 Å². The largest absolute Gasteiger partial charge is 0.389 e. The van der Waals surface area contributed by atoms with Gasteiger partial charge in [-0.1, -0.05) is 13.3 Å². The molecule has 0 aromatic carbocycles. The first-order valence-corrected chi connectivity index (χ1v) is 7.92. The van der Waals surface area contributed by atoms with Crippen molar-refractivity contribution in [3.8, 4) is 0 Å². The van der Waals surface area contributed by atoms with Crippen molar-refractivity contribution in [1.82, 2.24) is 10.2 Å². The number of rotatable bonds is 9. The van der Waals surface area contributed by atoms with Crippen molar-refractivity contribution in [3.63, 3.8) is 0 Å². The number of aliphatic hydroxyl groups is 1. The van der Waals surface area contributed by atoms with Gasteiger partial charge in [0.25, 0.3) is 0 Å². The number of likely N-dealkylation sites (tertiary alicyclic amines) is 1. The second-order valence-corrected chi connectivity index (χ2v) is 5.61. The molecule has 3 unspecified atom stereocenters. The van der Waals surface area contributed by atoms with E-state index in [9.17, 15) is 5.11 Å². The van der Waals surface area contributed by atoms with E-state index in [1.807, 2.05) is 6.92 Å². The van der Waals surface area contributed by atoms with Crippen molar-refractivity contribution < 1.29 is 9.84 Å². The number of hydrogen-bond acceptors (Lipinski definition) is 4. The molecule has 0 saturated carbocycles. The molecule has 0 spiro atoms. The minimum absolute atomic E-state index is 0.362. The van der Waals surface area contributed by atoms with Gasteiger partial charge in [0.05, 0.1) is 12.7 Å². The van der Waals surface area contributed by atoms with E-state index in [1.165, 1.54) is 25.7 Å². The third-order valence-electron chi connectivity index (χ3n) is 3.92. The molecule has 1 rings (SSSR count). The molecule has 4 nitrogen and oxygen atoms in total. The number of aliphatic hydroxyl groups excluding tert-OH is 1. The zero-order valence-corrected chi connectivity index (χ0v) is 12.9. The molecule has 19 heavy (non-hydrogen) atoms. The topological polar surface area (TPSA) is 44.7 Å². The van der Waals surface area contributed by atoms with Crippen LogP contribution in [-0.2, 0) is 4.74 Å². The Hall–Kier alpha value is -0.160. The molecule has 0 aliphatic carbocycles. The highest BCUT2D eigenvalue weighted by molar-refractivity contribution is 4.86. The minimum Gasteiger partial charge on any atom is -0.389 e. The molecule has 0 bridgehead atoms. The van der Waals surface area contributed by atoms with Crippen LogP contribution in [0.1, 0.15) is 46.5 Å². The Morgan fingerprint density at radius 2 is 2.16 bits per heavy atom. The molecule has 1 fully saturated rings. The van der Waals surface area contributed by atoms with E-state index in [0.717, 1.165) is 19.6 Å². The van der Waals surface area contributed by atoms with Gasteiger partial charge in [-0.2, -0.15) is 0 Å². The van der Waals surface area contributed by atoms with E-state index in [4.69, 9.17) is 4.74 Å². The number of β-amino-alcohol motifs (C(OH)–C–C–N with tert-alkyl or cyclic N) is 1. The second-order valence-electron chi connectivity index (χ2n) is 5.61. The normalized spacial score (nSPS) is 24.3. The number of hydrogen-bond donors (Lipinski definition) is 2. The molecule has 2 N–H and O–H groups in total. The van der Waals surface area contributed by atoms with Gasteiger partial charge in [0.1, 0.15) is 0 Å². The fraction of sp³-hybridized carbons (Fsp3) is 1.00. The lowest BCUT2D eigenvalue weighted by Gasteiger charge is -2.40. The molecule has 1 aliphatic heterocycles. The molecular weight excluding hydrogens is 240 g/mol. The Bertz CT molecular complexity index is 226. The number of nitrogens with one attached hydrogen (secondary N) is 1. The van der Waals surface area contributed by atoms with Gasteiger partial charge < -0.3 is 15.2 Å². The van der Waals surface area contributed by atoms with Gasteiger partial charge in [0, 0.05) is 25.2 Å². The predicted molar refractivity (Wildman–Crippen MR) is 79.5 cm³/mol. The second kappa shape index (κ2) is 9.70. The molecule has 1 heterocycles. The number of nitrogens with zero attached hydrogens (tertiary/aromatic N) is 1. The molecule has 1 aliphatic rings. The summed E-state index contributed by atoms with van der Waals surface area (Å²) >= 11 is 0. The molecule has 3 atom stereocenters. The van der Waals surface area contributed by atoms with Crippen LogP contribution in [0.15, 0.2) is 0 Å². The van der Waals surface area contributed by atoms with Gasteiger partial charge in [-0.3, -0.25) is 4.90 Å². The van der Waals surface area contributed by atoms with Crippen molar-refractivity contribution in [2.75, 3.05) is 32.8 Å². The maximum absolute atomic E-state index is 10.0. The first-order valence-electron chi connectivity index (χ1n) is 7.92. The van der Waals surface area contributed by atoms with Crippen LogP contribution < -0.4 is 5.32 Å². The minimum atomic E-state index is -0.362. The lowest BCUT2D eigenvalue weighted by molar-refractivity contribution is 0.000958. The fourth-order valence-corrected chi connectivity index (χ4v) is 2.90. The first-order chi connectivity index (χ1) is 9.19. The van der Waals surface area contributed by atoms with E-state index in [1.54, 1.807) is 0 Å². The van der Waals surface area contributed by atoms with Crippen molar-refractivity contribution in [3.05, 3.63) is 0 Å². The lowest BCUT2D eigenvalue weighted by Crippen LogP contribution is -2.53. The van der Waals surface area contributed by atoms with E-state index < -0.39 is 0 Å². The molecule has 114 valence electrons. The maximum Gasteiger partial charge on any atom is 0.0900 e. The third kappa shape index (κ3) is 6.21. The van der Waals surface area contributed by atoms with Crippen LogP contribution in [0.3, 0.4) is 0 Å². The average Bonchev–Trinajstić information content (AvgIpc) is 2.43. The lowest BCUT2D eigenvalue weighted by atomic mass is 9.96. The summed E-state index contributed by atoms with van der Waals surface area (Å²) in [7, 11) is 0. The first kappa shape index (κ1) is 16.9. The molecule has 4 heteroatoms. The monoisotopic (exact) mass is 272 g/mol. The zero-order valence-electron chi connectivity index (χ0n) is 12.9. The molecule has 0 aromatic heterocycles. The summed E-state index contributed by atoms with van der Waals surface area (Å²) in [6.45, 7) is 10.5. The van der Waals surface area contributed by atoms with Gasteiger partial charge in [-0.15, -0.1) is 0 Å². The van der Waals surface area contributed by atoms with E-state index in [2.05, 4.69) is 24.1 Å². The van der Waals surface area contributed by atoms with E-state index in [-0.39, 0.29) is 6.10 Å². The Labute approximate surface area is 118 Å².